The maximum absolute atomic E-state index is 11.9. The maximum atomic E-state index is 11.9. The average molecular weight is 227 g/mol. The molecule has 0 saturated carbocycles. The number of carbonyl (C=O) groups excluding carboxylic acids is 1. The molecule has 0 aromatic carbocycles. The van der Waals surface area contributed by atoms with Gasteiger partial charge in [-0.2, -0.15) is 0 Å². The van der Waals surface area contributed by atoms with E-state index >= 15 is 0 Å². The molecule has 92 valence electrons. The third-order valence-electron chi connectivity index (χ3n) is 2.56. The summed E-state index contributed by atoms with van der Waals surface area (Å²) in [5.74, 6) is 0. The minimum atomic E-state index is -0.490. The fourth-order valence-corrected chi connectivity index (χ4v) is 1.73. The molecule has 16 heavy (non-hydrogen) atoms. The summed E-state index contributed by atoms with van der Waals surface area (Å²) >= 11 is 0. The van der Waals surface area contributed by atoms with Crippen molar-refractivity contribution in [1.82, 2.24) is 4.90 Å². The van der Waals surface area contributed by atoms with Gasteiger partial charge in [-0.3, -0.25) is 4.90 Å². The van der Waals surface area contributed by atoms with E-state index in [0.717, 1.165) is 6.42 Å². The van der Waals surface area contributed by atoms with Crippen molar-refractivity contribution in [2.75, 3.05) is 13.2 Å². The van der Waals surface area contributed by atoms with Crippen LogP contribution in [0.5, 0.6) is 0 Å². The number of aliphatic hydroxyl groups is 1. The first-order valence-electron chi connectivity index (χ1n) is 5.62. The molecule has 0 aromatic rings. The Balaban J connectivity index is 2.68. The van der Waals surface area contributed by atoms with Crippen molar-refractivity contribution in [3.8, 4) is 0 Å². The molecule has 1 unspecified atom stereocenters. The molecule has 0 spiro atoms. The molecule has 4 nitrogen and oxygen atoms in total. The van der Waals surface area contributed by atoms with Crippen LogP contribution in [-0.2, 0) is 4.74 Å². The van der Waals surface area contributed by atoms with E-state index in [1.165, 1.54) is 5.57 Å². The fraction of sp³-hybridized carbons (Fsp3) is 0.750. The summed E-state index contributed by atoms with van der Waals surface area (Å²) < 4.78 is 5.30. The van der Waals surface area contributed by atoms with Crippen LogP contribution in [0.15, 0.2) is 11.6 Å². The molecule has 1 saturated heterocycles. The predicted molar refractivity (Wildman–Crippen MR) is 62.2 cm³/mol. The number of amides is 1. The van der Waals surface area contributed by atoms with E-state index in [1.54, 1.807) is 4.90 Å². The summed E-state index contributed by atoms with van der Waals surface area (Å²) in [7, 11) is 0. The smallest absolute Gasteiger partial charge is 0.410 e. The molecule has 1 aliphatic rings. The van der Waals surface area contributed by atoms with Crippen LogP contribution in [0.4, 0.5) is 4.79 Å². The summed E-state index contributed by atoms with van der Waals surface area (Å²) in [6.45, 7) is 8.01. The Kier molecular flexibility index (Phi) is 3.97. The van der Waals surface area contributed by atoms with E-state index in [1.807, 2.05) is 33.8 Å². The molecule has 0 aromatic heterocycles. The van der Waals surface area contributed by atoms with E-state index < -0.39 is 5.60 Å². The minimum absolute atomic E-state index is 0.0173. The van der Waals surface area contributed by atoms with Crippen molar-refractivity contribution in [2.24, 2.45) is 0 Å². The summed E-state index contributed by atoms with van der Waals surface area (Å²) in [5, 5.41) is 9.22. The lowest BCUT2D eigenvalue weighted by molar-refractivity contribution is 0.0178. The van der Waals surface area contributed by atoms with E-state index in [4.69, 9.17) is 4.74 Å². The van der Waals surface area contributed by atoms with Crippen LogP contribution in [0.3, 0.4) is 0 Å². The third kappa shape index (κ3) is 3.23. The Morgan fingerprint density at radius 2 is 2.25 bits per heavy atom. The molecule has 0 aliphatic carbocycles. The summed E-state index contributed by atoms with van der Waals surface area (Å²) in [4.78, 5) is 13.5. The second kappa shape index (κ2) is 4.87. The van der Waals surface area contributed by atoms with Gasteiger partial charge in [-0.1, -0.05) is 11.6 Å². The van der Waals surface area contributed by atoms with Crippen LogP contribution < -0.4 is 0 Å². The SMILES string of the molecule is C/C=C1/CC(CO)N(C(=O)OC(C)(C)C)C1. The zero-order valence-electron chi connectivity index (χ0n) is 10.5. The third-order valence-corrected chi connectivity index (χ3v) is 2.56. The van der Waals surface area contributed by atoms with Gasteiger partial charge in [-0.25, -0.2) is 4.79 Å². The zero-order valence-corrected chi connectivity index (χ0v) is 10.5. The predicted octanol–water partition coefficient (Wildman–Crippen LogP) is 1.93. The molecule has 1 rings (SSSR count). The first-order chi connectivity index (χ1) is 7.37. The van der Waals surface area contributed by atoms with Crippen molar-refractivity contribution in [1.29, 1.82) is 0 Å². The first kappa shape index (κ1) is 13.0. The Labute approximate surface area is 96.9 Å². The fourth-order valence-electron chi connectivity index (χ4n) is 1.73. The highest BCUT2D eigenvalue weighted by molar-refractivity contribution is 5.69. The number of rotatable bonds is 1. The Morgan fingerprint density at radius 3 is 2.69 bits per heavy atom. The molecule has 0 bridgehead atoms. The van der Waals surface area contributed by atoms with Gasteiger partial charge in [0.2, 0.25) is 0 Å². The van der Waals surface area contributed by atoms with Crippen molar-refractivity contribution >= 4 is 6.09 Å². The van der Waals surface area contributed by atoms with Gasteiger partial charge in [-0.15, -0.1) is 0 Å². The number of allylic oxidation sites excluding steroid dienone is 1. The molecule has 1 aliphatic heterocycles. The molecular formula is C12H21NO3. The number of ether oxygens (including phenoxy) is 1. The zero-order chi connectivity index (χ0) is 12.3. The van der Waals surface area contributed by atoms with Gasteiger partial charge >= 0.3 is 6.09 Å². The number of aliphatic hydroxyl groups excluding tert-OH is 1. The van der Waals surface area contributed by atoms with Crippen molar-refractivity contribution in [3.05, 3.63) is 11.6 Å². The number of nitrogens with zero attached hydrogens (tertiary/aromatic N) is 1. The summed E-state index contributed by atoms with van der Waals surface area (Å²) in [6.07, 6.45) is 2.39. The minimum Gasteiger partial charge on any atom is -0.444 e. The quantitative estimate of drug-likeness (QED) is 0.696. The van der Waals surface area contributed by atoms with E-state index in [2.05, 4.69) is 0 Å². The lowest BCUT2D eigenvalue weighted by Crippen LogP contribution is -2.41. The number of likely N-dealkylation sites (tertiary alicyclic amines) is 1. The van der Waals surface area contributed by atoms with E-state index in [0.29, 0.717) is 6.54 Å². The molecule has 1 heterocycles. The highest BCUT2D eigenvalue weighted by atomic mass is 16.6. The number of carbonyl (C=O) groups is 1. The lowest BCUT2D eigenvalue weighted by Gasteiger charge is -2.27. The molecule has 1 N–H and O–H groups in total. The van der Waals surface area contributed by atoms with Crippen LogP contribution in [0, 0.1) is 0 Å². The number of hydrogen-bond donors (Lipinski definition) is 1. The average Bonchev–Trinajstić information content (AvgIpc) is 2.58. The van der Waals surface area contributed by atoms with Crippen molar-refractivity contribution < 1.29 is 14.6 Å². The molecule has 1 fully saturated rings. The second-order valence-corrected chi connectivity index (χ2v) is 5.10. The topological polar surface area (TPSA) is 49.8 Å². The van der Waals surface area contributed by atoms with Gasteiger partial charge < -0.3 is 9.84 Å². The molecule has 0 radical (unpaired) electrons. The highest BCUT2D eigenvalue weighted by Gasteiger charge is 2.33. The van der Waals surface area contributed by atoms with Gasteiger partial charge in [0.1, 0.15) is 5.60 Å². The maximum Gasteiger partial charge on any atom is 0.410 e. The summed E-state index contributed by atoms with van der Waals surface area (Å²) in [6, 6.07) is -0.138. The van der Waals surface area contributed by atoms with Crippen molar-refractivity contribution in [3.63, 3.8) is 0 Å². The highest BCUT2D eigenvalue weighted by Crippen LogP contribution is 2.24. The monoisotopic (exact) mass is 227 g/mol. The molecular weight excluding hydrogens is 206 g/mol. The van der Waals surface area contributed by atoms with Crippen LogP contribution in [0.2, 0.25) is 0 Å². The lowest BCUT2D eigenvalue weighted by atomic mass is 10.1. The Hall–Kier alpha value is -1.03. The van der Waals surface area contributed by atoms with Gasteiger partial charge in [0.25, 0.3) is 0 Å². The van der Waals surface area contributed by atoms with Gasteiger partial charge in [-0.05, 0) is 34.1 Å². The van der Waals surface area contributed by atoms with Crippen LogP contribution in [-0.4, -0.2) is 40.9 Å². The normalized spacial score (nSPS) is 23.9. The Bertz CT molecular complexity index is 291. The largest absolute Gasteiger partial charge is 0.444 e. The van der Waals surface area contributed by atoms with E-state index in [9.17, 15) is 9.90 Å². The van der Waals surface area contributed by atoms with Gasteiger partial charge in [0.15, 0.2) is 0 Å². The summed E-state index contributed by atoms with van der Waals surface area (Å²) in [5.41, 5.74) is 0.681. The van der Waals surface area contributed by atoms with Crippen LogP contribution in [0.1, 0.15) is 34.1 Å². The molecule has 4 heteroatoms. The second-order valence-electron chi connectivity index (χ2n) is 5.10. The van der Waals surface area contributed by atoms with Crippen LogP contribution in [0.25, 0.3) is 0 Å². The number of hydrogen-bond acceptors (Lipinski definition) is 3. The van der Waals surface area contributed by atoms with Crippen molar-refractivity contribution in [2.45, 2.75) is 45.8 Å². The van der Waals surface area contributed by atoms with Gasteiger partial charge in [0.05, 0.1) is 12.6 Å². The first-order valence-corrected chi connectivity index (χ1v) is 5.62. The Morgan fingerprint density at radius 1 is 1.62 bits per heavy atom. The standard InChI is InChI=1S/C12H21NO3/c1-5-9-6-10(8-14)13(7-9)11(15)16-12(2,3)4/h5,10,14H,6-8H2,1-4H3/b9-5-. The van der Waals surface area contributed by atoms with E-state index in [-0.39, 0.29) is 18.7 Å². The molecule has 1 amide bonds. The van der Waals surface area contributed by atoms with Gasteiger partial charge in [0, 0.05) is 6.54 Å². The molecule has 1 atom stereocenters. The van der Waals surface area contributed by atoms with Crippen LogP contribution >= 0.6 is 0 Å².